The molecule has 0 bridgehead atoms. The van der Waals surface area contributed by atoms with Crippen molar-refractivity contribution in [2.75, 3.05) is 0 Å². The second kappa shape index (κ2) is 5.81. The van der Waals surface area contributed by atoms with Crippen molar-refractivity contribution in [2.45, 2.75) is 45.7 Å². The summed E-state index contributed by atoms with van der Waals surface area (Å²) in [4.78, 5) is 13.2. The smallest absolute Gasteiger partial charge is 0.139 e. The minimum absolute atomic E-state index is 0.0353. The van der Waals surface area contributed by atoms with Crippen LogP contribution in [0, 0.1) is 16.7 Å². The highest BCUT2D eigenvalue weighted by Gasteiger charge is 2.59. The Morgan fingerprint density at radius 2 is 1.44 bits per heavy atom. The fraction of sp³-hybridized carbons (Fsp3) is 0.435. The third-order valence-corrected chi connectivity index (χ3v) is 6.20. The third-order valence-electron chi connectivity index (χ3n) is 6.20. The topological polar surface area (TPSA) is 29.1 Å². The molecule has 1 saturated carbocycles. The van der Waals surface area contributed by atoms with Crippen LogP contribution in [0.3, 0.4) is 0 Å². The van der Waals surface area contributed by atoms with E-state index in [9.17, 15) is 4.79 Å². The molecule has 2 heteroatoms. The van der Waals surface area contributed by atoms with Gasteiger partial charge in [0, 0.05) is 24.4 Å². The summed E-state index contributed by atoms with van der Waals surface area (Å²) >= 11 is 0. The first-order chi connectivity index (χ1) is 11.9. The molecule has 0 radical (unpaired) electrons. The molecule has 4 rings (SSSR count). The van der Waals surface area contributed by atoms with Crippen molar-refractivity contribution in [2.24, 2.45) is 16.7 Å². The van der Waals surface area contributed by atoms with Crippen molar-refractivity contribution in [3.63, 3.8) is 0 Å². The van der Waals surface area contributed by atoms with E-state index in [1.165, 1.54) is 11.1 Å². The molecule has 2 aromatic rings. The second-order valence-electron chi connectivity index (χ2n) is 8.87. The first-order valence-corrected chi connectivity index (χ1v) is 9.29. The second-order valence-corrected chi connectivity index (χ2v) is 8.87. The number of nitrogens with one attached hydrogen (secondary N) is 1. The molecule has 130 valence electrons. The standard InChI is InChI=1S/C23H27NO/c1-22(2)14-18(25)19-20(16-10-6-4-7-11-16)24-21(23(19,3)15-22)17-12-8-5-9-13-17/h4-13,19-21,24H,14-15H2,1-3H3/t19-,20+,21-,23-/m1/s1. The van der Waals surface area contributed by atoms with E-state index in [4.69, 9.17) is 0 Å². The van der Waals surface area contributed by atoms with Crippen molar-refractivity contribution in [1.29, 1.82) is 0 Å². The van der Waals surface area contributed by atoms with Gasteiger partial charge in [-0.3, -0.25) is 4.79 Å². The van der Waals surface area contributed by atoms with Gasteiger partial charge in [0.25, 0.3) is 0 Å². The van der Waals surface area contributed by atoms with Crippen LogP contribution >= 0.6 is 0 Å². The molecule has 1 aliphatic carbocycles. The molecule has 1 N–H and O–H groups in total. The number of hydrogen-bond acceptors (Lipinski definition) is 2. The Labute approximate surface area is 150 Å². The highest BCUT2D eigenvalue weighted by molar-refractivity contribution is 5.85. The number of benzene rings is 2. The highest BCUT2D eigenvalue weighted by atomic mass is 16.1. The molecule has 2 nitrogen and oxygen atoms in total. The predicted molar refractivity (Wildman–Crippen MR) is 101 cm³/mol. The molecule has 1 heterocycles. The lowest BCUT2D eigenvalue weighted by Crippen LogP contribution is -2.44. The van der Waals surface area contributed by atoms with Crippen molar-refractivity contribution in [3.8, 4) is 0 Å². The molecule has 0 spiro atoms. The van der Waals surface area contributed by atoms with E-state index >= 15 is 0 Å². The molecule has 4 atom stereocenters. The normalized spacial score (nSPS) is 33.9. The monoisotopic (exact) mass is 333 g/mol. The average molecular weight is 333 g/mol. The minimum Gasteiger partial charge on any atom is -0.302 e. The summed E-state index contributed by atoms with van der Waals surface area (Å²) in [6.45, 7) is 6.80. The van der Waals surface area contributed by atoms with Crippen LogP contribution in [0.5, 0.6) is 0 Å². The molecule has 0 amide bonds. The van der Waals surface area contributed by atoms with E-state index in [0.717, 1.165) is 6.42 Å². The van der Waals surface area contributed by atoms with Crippen LogP contribution in [-0.2, 0) is 4.79 Å². The number of fused-ring (bicyclic) bond motifs is 1. The van der Waals surface area contributed by atoms with Crippen LogP contribution in [0.25, 0.3) is 0 Å². The first-order valence-electron chi connectivity index (χ1n) is 9.29. The van der Waals surface area contributed by atoms with E-state index in [-0.39, 0.29) is 28.8 Å². The van der Waals surface area contributed by atoms with Crippen molar-refractivity contribution in [3.05, 3.63) is 71.8 Å². The van der Waals surface area contributed by atoms with Gasteiger partial charge in [-0.1, -0.05) is 81.4 Å². The lowest BCUT2D eigenvalue weighted by atomic mass is 9.55. The van der Waals surface area contributed by atoms with E-state index in [1.54, 1.807) is 0 Å². The molecule has 1 saturated heterocycles. The Hall–Kier alpha value is -1.93. The van der Waals surface area contributed by atoms with Gasteiger partial charge in [0.05, 0.1) is 0 Å². The molecule has 0 aromatic heterocycles. The van der Waals surface area contributed by atoms with E-state index in [2.05, 4.69) is 80.7 Å². The van der Waals surface area contributed by atoms with Crippen LogP contribution in [0.15, 0.2) is 60.7 Å². The molecule has 1 aliphatic heterocycles. The summed E-state index contributed by atoms with van der Waals surface area (Å²) in [6.07, 6.45) is 1.74. The number of carbonyl (C=O) groups is 1. The Bertz CT molecular complexity index is 767. The molecule has 2 aliphatic rings. The van der Waals surface area contributed by atoms with Crippen molar-refractivity contribution < 1.29 is 4.79 Å². The van der Waals surface area contributed by atoms with Crippen molar-refractivity contribution in [1.82, 2.24) is 5.32 Å². The van der Waals surface area contributed by atoms with Crippen LogP contribution in [0.4, 0.5) is 0 Å². The maximum absolute atomic E-state index is 13.2. The number of carbonyl (C=O) groups excluding carboxylic acids is 1. The fourth-order valence-corrected chi connectivity index (χ4v) is 5.54. The average Bonchev–Trinajstić information content (AvgIpc) is 2.88. The third kappa shape index (κ3) is 2.73. The summed E-state index contributed by atoms with van der Waals surface area (Å²) in [5.74, 6) is 0.451. The van der Waals surface area contributed by atoms with Gasteiger partial charge in [0.1, 0.15) is 5.78 Å². The SMILES string of the molecule is CC1(C)CC(=O)[C@@H]2[C@H](c3ccccc3)N[C@H](c3ccccc3)[C@]2(C)C1. The molecule has 2 fully saturated rings. The van der Waals surface area contributed by atoms with E-state index in [1.807, 2.05) is 6.07 Å². The number of hydrogen-bond donors (Lipinski definition) is 1. The van der Waals surface area contributed by atoms with Gasteiger partial charge in [0.15, 0.2) is 0 Å². The van der Waals surface area contributed by atoms with E-state index < -0.39 is 0 Å². The van der Waals surface area contributed by atoms with Crippen LogP contribution in [0.2, 0.25) is 0 Å². The highest BCUT2D eigenvalue weighted by Crippen LogP contribution is 2.61. The van der Waals surface area contributed by atoms with Crippen LogP contribution < -0.4 is 5.32 Å². The van der Waals surface area contributed by atoms with Gasteiger partial charge >= 0.3 is 0 Å². The summed E-state index contributed by atoms with van der Waals surface area (Å²) in [6, 6.07) is 21.4. The van der Waals surface area contributed by atoms with Crippen LogP contribution in [-0.4, -0.2) is 5.78 Å². The molecular weight excluding hydrogens is 306 g/mol. The predicted octanol–water partition coefficient (Wildman–Crippen LogP) is 5.08. The number of Topliss-reactive ketones (excluding diaryl/α,β-unsaturated/α-hetero) is 1. The largest absolute Gasteiger partial charge is 0.302 e. The maximum atomic E-state index is 13.2. The lowest BCUT2D eigenvalue weighted by Gasteiger charge is -2.47. The van der Waals surface area contributed by atoms with Gasteiger partial charge in [-0.05, 0) is 28.4 Å². The van der Waals surface area contributed by atoms with Gasteiger partial charge in [-0.2, -0.15) is 0 Å². The number of rotatable bonds is 2. The fourth-order valence-electron chi connectivity index (χ4n) is 5.54. The summed E-state index contributed by atoms with van der Waals surface area (Å²) in [5, 5.41) is 3.85. The molecular formula is C23H27NO. The molecule has 0 unspecified atom stereocenters. The first kappa shape index (κ1) is 16.5. The summed E-state index contributed by atoms with van der Waals surface area (Å²) in [5.41, 5.74) is 2.51. The van der Waals surface area contributed by atoms with E-state index in [0.29, 0.717) is 12.2 Å². The zero-order chi connectivity index (χ0) is 17.7. The Morgan fingerprint density at radius 3 is 2.04 bits per heavy atom. The Morgan fingerprint density at radius 1 is 0.880 bits per heavy atom. The van der Waals surface area contributed by atoms with Crippen LogP contribution in [0.1, 0.15) is 56.8 Å². The zero-order valence-corrected chi connectivity index (χ0v) is 15.3. The maximum Gasteiger partial charge on any atom is 0.139 e. The molecule has 25 heavy (non-hydrogen) atoms. The van der Waals surface area contributed by atoms with Gasteiger partial charge < -0.3 is 5.32 Å². The van der Waals surface area contributed by atoms with Crippen molar-refractivity contribution >= 4 is 5.78 Å². The minimum atomic E-state index is -0.0688. The summed E-state index contributed by atoms with van der Waals surface area (Å²) in [7, 11) is 0. The zero-order valence-electron chi connectivity index (χ0n) is 15.3. The Balaban J connectivity index is 1.82. The molecule has 2 aromatic carbocycles. The quantitative estimate of drug-likeness (QED) is 0.830. The lowest BCUT2D eigenvalue weighted by molar-refractivity contribution is -0.134. The number of ketones is 1. The Kier molecular flexibility index (Phi) is 3.84. The van der Waals surface area contributed by atoms with Gasteiger partial charge in [-0.15, -0.1) is 0 Å². The summed E-state index contributed by atoms with van der Waals surface area (Å²) < 4.78 is 0. The van der Waals surface area contributed by atoms with Gasteiger partial charge in [0.2, 0.25) is 0 Å². The van der Waals surface area contributed by atoms with Gasteiger partial charge in [-0.25, -0.2) is 0 Å².